The molecule has 216 valence electrons. The standard InChI is InChI=1S/C32H28N6O4S/c1-41-26-17-16-23(29(20-26)42-2)18-28(34-31(39)22-10-5-3-6-11-22)32(40)33-24-12-9-15-27(19-24)43-21-30-35-36-37-38(30)25-13-7-4-8-14-25/h3-20H,21H2,1-2H3,(H,33,40)(H,34,39)/b28-18+. The fourth-order valence-electron chi connectivity index (χ4n) is 4.11. The molecule has 1 heterocycles. The average molecular weight is 593 g/mol. The van der Waals surface area contributed by atoms with Crippen molar-refractivity contribution in [3.05, 3.63) is 126 Å². The van der Waals surface area contributed by atoms with Gasteiger partial charge in [-0.1, -0.05) is 42.5 Å². The van der Waals surface area contributed by atoms with Crippen LogP contribution in [0.15, 0.2) is 114 Å². The van der Waals surface area contributed by atoms with Gasteiger partial charge in [0.15, 0.2) is 5.82 Å². The van der Waals surface area contributed by atoms with Crippen LogP contribution in [-0.2, 0) is 10.5 Å². The molecule has 5 rings (SSSR count). The fourth-order valence-corrected chi connectivity index (χ4v) is 4.97. The zero-order chi connectivity index (χ0) is 30.0. The van der Waals surface area contributed by atoms with Crippen molar-refractivity contribution in [1.29, 1.82) is 0 Å². The Balaban J connectivity index is 1.35. The van der Waals surface area contributed by atoms with Crippen molar-refractivity contribution >= 4 is 35.3 Å². The summed E-state index contributed by atoms with van der Waals surface area (Å²) in [5, 5.41) is 17.8. The third-order valence-electron chi connectivity index (χ3n) is 6.26. The Labute approximate surface area is 252 Å². The molecule has 0 aliphatic rings. The molecule has 0 radical (unpaired) electrons. The number of nitrogens with one attached hydrogen (secondary N) is 2. The van der Waals surface area contributed by atoms with Crippen LogP contribution in [0, 0.1) is 0 Å². The number of hydrogen-bond acceptors (Lipinski definition) is 8. The number of carbonyl (C=O) groups excluding carboxylic acids is 2. The lowest BCUT2D eigenvalue weighted by Gasteiger charge is -2.13. The predicted molar refractivity (Wildman–Crippen MR) is 165 cm³/mol. The van der Waals surface area contributed by atoms with E-state index in [2.05, 4.69) is 26.2 Å². The number of anilines is 1. The van der Waals surface area contributed by atoms with Gasteiger partial charge in [-0.2, -0.15) is 4.68 Å². The van der Waals surface area contributed by atoms with Crippen molar-refractivity contribution in [2.45, 2.75) is 10.6 Å². The van der Waals surface area contributed by atoms with E-state index in [0.717, 1.165) is 10.6 Å². The first-order valence-corrected chi connectivity index (χ1v) is 14.2. The second kappa shape index (κ2) is 14.0. The Kier molecular flexibility index (Phi) is 9.45. The van der Waals surface area contributed by atoms with Crippen LogP contribution in [0.1, 0.15) is 21.7 Å². The molecule has 0 bridgehead atoms. The fraction of sp³-hybridized carbons (Fsp3) is 0.0938. The third kappa shape index (κ3) is 7.46. The van der Waals surface area contributed by atoms with Crippen LogP contribution >= 0.6 is 11.8 Å². The van der Waals surface area contributed by atoms with Crippen LogP contribution in [0.2, 0.25) is 0 Å². The van der Waals surface area contributed by atoms with Crippen molar-refractivity contribution in [2.75, 3.05) is 19.5 Å². The summed E-state index contributed by atoms with van der Waals surface area (Å²) < 4.78 is 12.5. The molecule has 5 aromatic rings. The zero-order valence-corrected chi connectivity index (χ0v) is 24.2. The highest BCUT2D eigenvalue weighted by Crippen LogP contribution is 2.28. The smallest absolute Gasteiger partial charge is 0.272 e. The van der Waals surface area contributed by atoms with Gasteiger partial charge in [-0.3, -0.25) is 9.59 Å². The number of rotatable bonds is 11. The topological polar surface area (TPSA) is 120 Å². The average Bonchev–Trinajstić information content (AvgIpc) is 3.53. The lowest BCUT2D eigenvalue weighted by molar-refractivity contribution is -0.113. The van der Waals surface area contributed by atoms with Gasteiger partial charge in [0.25, 0.3) is 11.8 Å². The first-order valence-electron chi connectivity index (χ1n) is 13.2. The number of carbonyl (C=O) groups is 2. The number of methoxy groups -OCH3 is 2. The van der Waals surface area contributed by atoms with Gasteiger partial charge in [0.05, 0.1) is 25.7 Å². The minimum Gasteiger partial charge on any atom is -0.497 e. The minimum absolute atomic E-state index is 0.0393. The van der Waals surface area contributed by atoms with Crippen LogP contribution in [-0.4, -0.2) is 46.2 Å². The Morgan fingerprint density at radius 2 is 1.65 bits per heavy atom. The molecule has 43 heavy (non-hydrogen) atoms. The van der Waals surface area contributed by atoms with E-state index in [9.17, 15) is 9.59 Å². The van der Waals surface area contributed by atoms with E-state index >= 15 is 0 Å². The number of aromatic nitrogens is 4. The Hall–Kier alpha value is -5.42. The van der Waals surface area contributed by atoms with Crippen molar-refractivity contribution in [2.24, 2.45) is 0 Å². The van der Waals surface area contributed by atoms with Gasteiger partial charge in [0.2, 0.25) is 0 Å². The van der Waals surface area contributed by atoms with Gasteiger partial charge in [-0.05, 0) is 71.1 Å². The van der Waals surface area contributed by atoms with E-state index in [1.807, 2.05) is 54.6 Å². The molecule has 0 spiro atoms. The van der Waals surface area contributed by atoms with E-state index < -0.39 is 11.8 Å². The summed E-state index contributed by atoms with van der Waals surface area (Å²) in [6.45, 7) is 0. The summed E-state index contributed by atoms with van der Waals surface area (Å²) in [6, 6.07) is 30.9. The number of para-hydroxylation sites is 1. The summed E-state index contributed by atoms with van der Waals surface area (Å²) in [5.41, 5.74) is 2.47. The second-order valence-corrected chi connectivity index (χ2v) is 10.1. The summed E-state index contributed by atoms with van der Waals surface area (Å²) in [6.07, 6.45) is 1.57. The molecule has 2 N–H and O–H groups in total. The van der Waals surface area contributed by atoms with Crippen LogP contribution in [0.25, 0.3) is 11.8 Å². The van der Waals surface area contributed by atoms with Gasteiger partial charge in [-0.15, -0.1) is 16.9 Å². The molecule has 0 atom stereocenters. The number of thioether (sulfide) groups is 1. The Bertz CT molecular complexity index is 1740. The highest BCUT2D eigenvalue weighted by atomic mass is 32.2. The third-order valence-corrected chi connectivity index (χ3v) is 7.25. The largest absolute Gasteiger partial charge is 0.497 e. The number of nitrogens with zero attached hydrogens (tertiary/aromatic N) is 4. The molecule has 0 aliphatic carbocycles. The lowest BCUT2D eigenvalue weighted by Crippen LogP contribution is -2.30. The van der Waals surface area contributed by atoms with E-state index in [-0.39, 0.29) is 5.70 Å². The molecule has 0 saturated carbocycles. The maximum Gasteiger partial charge on any atom is 0.272 e. The van der Waals surface area contributed by atoms with Crippen molar-refractivity contribution in [3.8, 4) is 17.2 Å². The van der Waals surface area contributed by atoms with Gasteiger partial charge >= 0.3 is 0 Å². The number of ether oxygens (including phenoxy) is 2. The van der Waals surface area contributed by atoms with E-state index in [1.54, 1.807) is 66.4 Å². The number of benzene rings is 4. The van der Waals surface area contributed by atoms with Crippen molar-refractivity contribution in [3.63, 3.8) is 0 Å². The maximum absolute atomic E-state index is 13.6. The normalized spacial score (nSPS) is 11.1. The molecule has 4 aromatic carbocycles. The molecule has 0 aliphatic heterocycles. The number of hydrogen-bond donors (Lipinski definition) is 2. The van der Waals surface area contributed by atoms with Gasteiger partial charge in [-0.25, -0.2) is 0 Å². The quantitative estimate of drug-likeness (QED) is 0.155. The van der Waals surface area contributed by atoms with Crippen molar-refractivity contribution in [1.82, 2.24) is 25.5 Å². The molecular weight excluding hydrogens is 564 g/mol. The zero-order valence-electron chi connectivity index (χ0n) is 23.4. The van der Waals surface area contributed by atoms with Crippen LogP contribution in [0.3, 0.4) is 0 Å². The second-order valence-electron chi connectivity index (χ2n) is 9.10. The van der Waals surface area contributed by atoms with Crippen LogP contribution in [0.4, 0.5) is 5.69 Å². The highest BCUT2D eigenvalue weighted by molar-refractivity contribution is 7.98. The van der Waals surface area contributed by atoms with Crippen LogP contribution < -0.4 is 20.1 Å². The summed E-state index contributed by atoms with van der Waals surface area (Å²) >= 11 is 1.53. The van der Waals surface area contributed by atoms with E-state index in [0.29, 0.717) is 39.9 Å². The molecule has 0 fully saturated rings. The number of tetrazole rings is 1. The summed E-state index contributed by atoms with van der Waals surface area (Å²) in [4.78, 5) is 27.5. The molecule has 11 heteroatoms. The van der Waals surface area contributed by atoms with E-state index in [1.165, 1.54) is 18.9 Å². The summed E-state index contributed by atoms with van der Waals surface area (Å²) in [7, 11) is 3.08. The predicted octanol–water partition coefficient (Wildman–Crippen LogP) is 5.38. The molecule has 1 aromatic heterocycles. The van der Waals surface area contributed by atoms with Crippen LogP contribution in [0.5, 0.6) is 11.5 Å². The van der Waals surface area contributed by atoms with Crippen molar-refractivity contribution < 1.29 is 19.1 Å². The Morgan fingerprint density at radius 1 is 0.884 bits per heavy atom. The first-order chi connectivity index (χ1) is 21.0. The van der Waals surface area contributed by atoms with Gasteiger partial charge in [0, 0.05) is 27.8 Å². The van der Waals surface area contributed by atoms with Gasteiger partial charge < -0.3 is 20.1 Å². The molecule has 0 saturated heterocycles. The monoisotopic (exact) mass is 592 g/mol. The molecular formula is C32H28N6O4S. The minimum atomic E-state index is -0.502. The lowest BCUT2D eigenvalue weighted by atomic mass is 10.1. The maximum atomic E-state index is 13.6. The number of amides is 2. The Morgan fingerprint density at radius 3 is 2.40 bits per heavy atom. The molecule has 2 amide bonds. The SMILES string of the molecule is COc1ccc(/C=C(/NC(=O)c2ccccc2)C(=O)Nc2cccc(SCc3nnnn3-c3ccccc3)c2)c(OC)c1. The van der Waals surface area contributed by atoms with Gasteiger partial charge in [0.1, 0.15) is 17.2 Å². The highest BCUT2D eigenvalue weighted by Gasteiger charge is 2.17. The summed E-state index contributed by atoms with van der Waals surface area (Å²) in [5.74, 6) is 1.35. The van der Waals surface area contributed by atoms with E-state index in [4.69, 9.17) is 9.47 Å². The first kappa shape index (κ1) is 29.1. The molecule has 10 nitrogen and oxygen atoms in total. The molecule has 0 unspecified atom stereocenters.